The van der Waals surface area contributed by atoms with Gasteiger partial charge in [0.15, 0.2) is 0 Å². The molecule has 0 spiro atoms. The molecule has 0 saturated heterocycles. The van der Waals surface area contributed by atoms with Crippen LogP contribution in [0.15, 0.2) is 24.3 Å². The van der Waals surface area contributed by atoms with Gasteiger partial charge in [-0.1, -0.05) is 31.9 Å². The summed E-state index contributed by atoms with van der Waals surface area (Å²) in [6, 6.07) is 8.44. The summed E-state index contributed by atoms with van der Waals surface area (Å²) in [6.45, 7) is 8.90. The number of likely N-dealkylation sites (N-methyl/N-ethyl adjacent to an activating group) is 1. The second kappa shape index (κ2) is 8.98. The van der Waals surface area contributed by atoms with Gasteiger partial charge in [0.25, 0.3) is 0 Å². The Kier molecular flexibility index (Phi) is 7.51. The molecule has 1 rings (SSSR count). The minimum absolute atomic E-state index is 0.731. The number of unbranched alkanes of at least 4 members (excludes halogenated alkanes) is 2. The van der Waals surface area contributed by atoms with Crippen molar-refractivity contribution in [2.75, 3.05) is 26.7 Å². The molecule has 0 amide bonds. The molecule has 18 heavy (non-hydrogen) atoms. The second-order valence-corrected chi connectivity index (χ2v) is 4.69. The largest absolute Gasteiger partial charge is 0.494 e. The van der Waals surface area contributed by atoms with Gasteiger partial charge in [-0.3, -0.25) is 0 Å². The van der Waals surface area contributed by atoms with Crippen molar-refractivity contribution in [2.24, 2.45) is 0 Å². The molecule has 1 radical (unpaired) electrons. The first-order valence-electron chi connectivity index (χ1n) is 6.95. The van der Waals surface area contributed by atoms with E-state index in [-0.39, 0.29) is 0 Å². The number of ether oxygens (including phenoxy) is 1. The SMILES string of the molecule is [CH2]CCCCN(C)CCc1ccc(OCC)cc1. The van der Waals surface area contributed by atoms with Crippen molar-refractivity contribution in [2.45, 2.75) is 32.6 Å². The monoisotopic (exact) mass is 248 g/mol. The first-order chi connectivity index (χ1) is 8.76. The molecule has 2 heteroatoms. The molecule has 0 fully saturated rings. The van der Waals surface area contributed by atoms with Crippen molar-refractivity contribution in [3.05, 3.63) is 36.8 Å². The number of benzene rings is 1. The van der Waals surface area contributed by atoms with Gasteiger partial charge >= 0.3 is 0 Å². The third-order valence-electron chi connectivity index (χ3n) is 3.06. The zero-order valence-corrected chi connectivity index (χ0v) is 11.8. The summed E-state index contributed by atoms with van der Waals surface area (Å²) in [5.74, 6) is 0.963. The zero-order chi connectivity index (χ0) is 13.2. The number of rotatable bonds is 9. The molecule has 0 bridgehead atoms. The minimum Gasteiger partial charge on any atom is -0.494 e. The lowest BCUT2D eigenvalue weighted by Gasteiger charge is -2.16. The van der Waals surface area contributed by atoms with Crippen molar-refractivity contribution in [3.63, 3.8) is 0 Å². The van der Waals surface area contributed by atoms with Crippen molar-refractivity contribution in [3.8, 4) is 5.75 Å². The summed E-state index contributed by atoms with van der Waals surface area (Å²) in [4.78, 5) is 2.39. The second-order valence-electron chi connectivity index (χ2n) is 4.69. The fraction of sp³-hybridized carbons (Fsp3) is 0.562. The number of hydrogen-bond donors (Lipinski definition) is 0. The minimum atomic E-state index is 0.731. The normalized spacial score (nSPS) is 10.9. The highest BCUT2D eigenvalue weighted by Gasteiger charge is 2.00. The summed E-state index contributed by atoms with van der Waals surface area (Å²) in [7, 11) is 2.19. The third kappa shape index (κ3) is 6.06. The van der Waals surface area contributed by atoms with Crippen LogP contribution in [0.3, 0.4) is 0 Å². The topological polar surface area (TPSA) is 12.5 Å². The quantitative estimate of drug-likeness (QED) is 0.620. The molecule has 1 aromatic rings. The van der Waals surface area contributed by atoms with E-state index in [1.165, 1.54) is 24.9 Å². The van der Waals surface area contributed by atoms with Gasteiger partial charge in [-0.25, -0.2) is 0 Å². The van der Waals surface area contributed by atoms with Crippen LogP contribution in [0.2, 0.25) is 0 Å². The van der Waals surface area contributed by atoms with E-state index in [9.17, 15) is 0 Å². The first-order valence-corrected chi connectivity index (χ1v) is 6.95. The lowest BCUT2D eigenvalue weighted by Crippen LogP contribution is -2.22. The van der Waals surface area contributed by atoms with Crippen LogP contribution in [0.1, 0.15) is 31.7 Å². The number of hydrogen-bond acceptors (Lipinski definition) is 2. The molecule has 0 unspecified atom stereocenters. The Bertz CT molecular complexity index is 307. The van der Waals surface area contributed by atoms with Gasteiger partial charge in [-0.2, -0.15) is 0 Å². The molecule has 0 aliphatic rings. The first kappa shape index (κ1) is 15.0. The summed E-state index contributed by atoms with van der Waals surface area (Å²) in [5.41, 5.74) is 1.38. The van der Waals surface area contributed by atoms with Crippen molar-refractivity contribution in [1.29, 1.82) is 0 Å². The third-order valence-corrected chi connectivity index (χ3v) is 3.06. The van der Waals surface area contributed by atoms with Gasteiger partial charge in [-0.05, 0) is 51.1 Å². The molecule has 0 aliphatic heterocycles. The van der Waals surface area contributed by atoms with E-state index in [4.69, 9.17) is 4.74 Å². The maximum Gasteiger partial charge on any atom is 0.119 e. The van der Waals surface area contributed by atoms with Gasteiger partial charge in [0, 0.05) is 6.54 Å². The molecular weight excluding hydrogens is 222 g/mol. The Morgan fingerprint density at radius 2 is 1.83 bits per heavy atom. The van der Waals surface area contributed by atoms with Crippen LogP contribution < -0.4 is 4.74 Å². The van der Waals surface area contributed by atoms with Crippen LogP contribution >= 0.6 is 0 Å². The van der Waals surface area contributed by atoms with E-state index in [0.717, 1.165) is 31.7 Å². The predicted molar refractivity (Wildman–Crippen MR) is 78.0 cm³/mol. The fourth-order valence-corrected chi connectivity index (χ4v) is 1.91. The zero-order valence-electron chi connectivity index (χ0n) is 11.8. The lowest BCUT2D eigenvalue weighted by atomic mass is 10.1. The van der Waals surface area contributed by atoms with E-state index >= 15 is 0 Å². The van der Waals surface area contributed by atoms with E-state index in [1.54, 1.807) is 0 Å². The average molecular weight is 248 g/mol. The van der Waals surface area contributed by atoms with Crippen molar-refractivity contribution in [1.82, 2.24) is 4.90 Å². The van der Waals surface area contributed by atoms with Crippen LogP contribution in [0.5, 0.6) is 5.75 Å². The van der Waals surface area contributed by atoms with Gasteiger partial charge in [-0.15, -0.1) is 0 Å². The molecule has 0 aromatic heterocycles. The van der Waals surface area contributed by atoms with E-state index in [2.05, 4.69) is 43.1 Å². The van der Waals surface area contributed by atoms with Gasteiger partial charge in [0.1, 0.15) is 5.75 Å². The summed E-state index contributed by atoms with van der Waals surface area (Å²) >= 11 is 0. The molecule has 0 heterocycles. The van der Waals surface area contributed by atoms with Gasteiger partial charge in [0.05, 0.1) is 6.61 Å². The highest BCUT2D eigenvalue weighted by molar-refractivity contribution is 5.27. The van der Waals surface area contributed by atoms with Gasteiger partial charge < -0.3 is 9.64 Å². The Labute approximate surface area is 112 Å². The average Bonchev–Trinajstić information content (AvgIpc) is 2.39. The summed E-state index contributed by atoms with van der Waals surface area (Å²) in [5, 5.41) is 0. The van der Waals surface area contributed by atoms with E-state index in [1.807, 2.05) is 6.92 Å². The molecule has 2 nitrogen and oxygen atoms in total. The molecule has 101 valence electrons. The smallest absolute Gasteiger partial charge is 0.119 e. The maximum absolute atomic E-state index is 5.44. The lowest BCUT2D eigenvalue weighted by molar-refractivity contribution is 0.329. The Balaban J connectivity index is 2.25. The van der Waals surface area contributed by atoms with Crippen LogP contribution in [0.4, 0.5) is 0 Å². The van der Waals surface area contributed by atoms with Crippen LogP contribution in [-0.4, -0.2) is 31.6 Å². The highest BCUT2D eigenvalue weighted by atomic mass is 16.5. The van der Waals surface area contributed by atoms with Crippen molar-refractivity contribution < 1.29 is 4.74 Å². The fourth-order valence-electron chi connectivity index (χ4n) is 1.91. The maximum atomic E-state index is 5.44. The van der Waals surface area contributed by atoms with E-state index in [0.29, 0.717) is 0 Å². The number of nitrogens with zero attached hydrogens (tertiary/aromatic N) is 1. The molecule has 1 aromatic carbocycles. The van der Waals surface area contributed by atoms with Crippen molar-refractivity contribution >= 4 is 0 Å². The molecule has 0 atom stereocenters. The van der Waals surface area contributed by atoms with Gasteiger partial charge in [0.2, 0.25) is 0 Å². The molecular formula is C16H26NO. The molecule has 0 N–H and O–H groups in total. The standard InChI is InChI=1S/C16H26NO/c1-4-6-7-13-17(3)14-12-15-8-10-16(11-9-15)18-5-2/h8-11H,1,4-7,12-14H2,2-3H3. The summed E-state index contributed by atoms with van der Waals surface area (Å²) < 4.78 is 5.44. The molecule has 0 aliphatic carbocycles. The highest BCUT2D eigenvalue weighted by Crippen LogP contribution is 2.12. The predicted octanol–water partition coefficient (Wildman–Crippen LogP) is 3.56. The van der Waals surface area contributed by atoms with Crippen LogP contribution in [0, 0.1) is 6.92 Å². The van der Waals surface area contributed by atoms with E-state index < -0.39 is 0 Å². The Morgan fingerprint density at radius 1 is 1.11 bits per heavy atom. The van der Waals surface area contributed by atoms with Crippen LogP contribution in [0.25, 0.3) is 0 Å². The Morgan fingerprint density at radius 3 is 2.44 bits per heavy atom. The Hall–Kier alpha value is -1.02. The summed E-state index contributed by atoms with van der Waals surface area (Å²) in [6.07, 6.45) is 4.64. The molecule has 0 saturated carbocycles. The van der Waals surface area contributed by atoms with Crippen LogP contribution in [-0.2, 0) is 6.42 Å².